The molecule has 2 nitrogen and oxygen atoms in total. The van der Waals surface area contributed by atoms with Crippen LogP contribution in [0.5, 0.6) is 0 Å². The predicted molar refractivity (Wildman–Crippen MR) is 58.7 cm³/mol. The Bertz CT molecular complexity index is 296. The van der Waals surface area contributed by atoms with E-state index in [1.807, 2.05) is 11.8 Å². The van der Waals surface area contributed by atoms with Crippen LogP contribution in [0.1, 0.15) is 0 Å². The van der Waals surface area contributed by atoms with E-state index in [-0.39, 0.29) is 0 Å². The van der Waals surface area contributed by atoms with Crippen molar-refractivity contribution in [2.75, 3.05) is 14.1 Å². The van der Waals surface area contributed by atoms with Gasteiger partial charge in [0, 0.05) is 29.5 Å². The van der Waals surface area contributed by atoms with Crippen molar-refractivity contribution < 1.29 is 4.79 Å². The van der Waals surface area contributed by atoms with Crippen LogP contribution in [0.3, 0.4) is 0 Å². The van der Waals surface area contributed by atoms with Gasteiger partial charge in [0.05, 0.1) is 5.03 Å². The average molecular weight is 213 g/mol. The number of hydrogen-bond donors (Lipinski definition) is 0. The van der Waals surface area contributed by atoms with Crippen LogP contribution < -0.4 is 0 Å². The lowest BCUT2D eigenvalue weighted by Gasteiger charge is -2.12. The summed E-state index contributed by atoms with van der Waals surface area (Å²) in [7, 11) is 4.10. The fourth-order valence-electron chi connectivity index (χ4n) is 1.39. The number of thioether (sulfide) groups is 2. The highest BCUT2D eigenvalue weighted by atomic mass is 32.2. The topological polar surface area (TPSA) is 20.3 Å². The molecule has 0 spiro atoms. The molecule has 0 amide bonds. The largest absolute Gasteiger partial charge is 0.373 e. The molecule has 0 saturated heterocycles. The summed E-state index contributed by atoms with van der Waals surface area (Å²) in [5.74, 6) is 0. The fourth-order valence-corrected chi connectivity index (χ4v) is 4.04. The maximum atomic E-state index is 10.5. The van der Waals surface area contributed by atoms with Crippen LogP contribution in [0, 0.1) is 0 Å². The number of hydrogen-bond acceptors (Lipinski definition) is 4. The van der Waals surface area contributed by atoms with Gasteiger partial charge in [-0.15, -0.1) is 11.8 Å². The Morgan fingerprint density at radius 2 is 2.00 bits per heavy atom. The summed E-state index contributed by atoms with van der Waals surface area (Å²) >= 11 is 3.51. The number of rotatable bonds is 2. The summed E-state index contributed by atoms with van der Waals surface area (Å²) in [5, 5.41) is 2.26. The second-order valence-electron chi connectivity index (χ2n) is 3.25. The first-order valence-corrected chi connectivity index (χ1v) is 5.86. The fraction of sp³-hybridized carbons (Fsp3) is 0.444. The standard InChI is InChI=1S/C9H11NOS2/c1-10(2)9-4-8-7(13-9)3-6(5-11)12-8/h3-5,7-8H,1-2H3. The van der Waals surface area contributed by atoms with Crippen LogP contribution in [0.4, 0.5) is 0 Å². The highest BCUT2D eigenvalue weighted by Gasteiger charge is 2.33. The smallest absolute Gasteiger partial charge is 0.156 e. The first-order valence-electron chi connectivity index (χ1n) is 4.10. The summed E-state index contributed by atoms with van der Waals surface area (Å²) in [4.78, 5) is 13.5. The molecule has 4 heteroatoms. The van der Waals surface area contributed by atoms with E-state index in [0.29, 0.717) is 10.5 Å². The molecule has 0 bridgehead atoms. The number of allylic oxidation sites excluding steroid dienone is 1. The van der Waals surface area contributed by atoms with Gasteiger partial charge in [0.25, 0.3) is 0 Å². The maximum absolute atomic E-state index is 10.5. The maximum Gasteiger partial charge on any atom is 0.156 e. The SMILES string of the molecule is CN(C)C1=CC2SC(C=O)=CC2S1. The van der Waals surface area contributed by atoms with E-state index in [2.05, 4.69) is 31.1 Å². The highest BCUT2D eigenvalue weighted by Crippen LogP contribution is 2.47. The van der Waals surface area contributed by atoms with E-state index in [0.717, 1.165) is 11.2 Å². The normalized spacial score (nSPS) is 30.9. The van der Waals surface area contributed by atoms with E-state index in [4.69, 9.17) is 0 Å². The van der Waals surface area contributed by atoms with Crippen LogP contribution >= 0.6 is 23.5 Å². The summed E-state index contributed by atoms with van der Waals surface area (Å²) in [6.45, 7) is 0. The zero-order valence-corrected chi connectivity index (χ0v) is 9.19. The van der Waals surface area contributed by atoms with Gasteiger partial charge in [-0.3, -0.25) is 4.79 Å². The van der Waals surface area contributed by atoms with E-state index in [9.17, 15) is 4.79 Å². The Labute approximate surface area is 86.4 Å². The second kappa shape index (κ2) is 3.42. The first kappa shape index (κ1) is 9.21. The third-order valence-corrected chi connectivity index (χ3v) is 4.87. The number of nitrogens with zero attached hydrogens (tertiary/aromatic N) is 1. The Balaban J connectivity index is 2.08. The van der Waals surface area contributed by atoms with Crippen molar-refractivity contribution in [1.82, 2.24) is 4.90 Å². The van der Waals surface area contributed by atoms with Crippen molar-refractivity contribution >= 4 is 29.8 Å². The van der Waals surface area contributed by atoms with Gasteiger partial charge in [0.1, 0.15) is 0 Å². The van der Waals surface area contributed by atoms with Crippen molar-refractivity contribution in [2.45, 2.75) is 10.5 Å². The Morgan fingerprint density at radius 1 is 1.31 bits per heavy atom. The van der Waals surface area contributed by atoms with Gasteiger partial charge in [-0.25, -0.2) is 0 Å². The molecule has 0 aliphatic carbocycles. The van der Waals surface area contributed by atoms with Gasteiger partial charge < -0.3 is 4.90 Å². The molecule has 0 aromatic rings. The quantitative estimate of drug-likeness (QED) is 0.650. The molecule has 0 aromatic carbocycles. The molecular weight excluding hydrogens is 202 g/mol. The number of carbonyl (C=O) groups is 1. The van der Waals surface area contributed by atoms with Crippen molar-refractivity contribution in [2.24, 2.45) is 0 Å². The van der Waals surface area contributed by atoms with E-state index < -0.39 is 0 Å². The lowest BCUT2D eigenvalue weighted by molar-refractivity contribution is -0.104. The molecule has 0 saturated carbocycles. The second-order valence-corrected chi connectivity index (χ2v) is 5.70. The van der Waals surface area contributed by atoms with Crippen LogP contribution in [0.25, 0.3) is 0 Å². The molecule has 0 N–H and O–H groups in total. The van der Waals surface area contributed by atoms with Crippen molar-refractivity contribution in [3.63, 3.8) is 0 Å². The van der Waals surface area contributed by atoms with Crippen molar-refractivity contribution in [1.29, 1.82) is 0 Å². The molecule has 2 aliphatic heterocycles. The molecule has 13 heavy (non-hydrogen) atoms. The zero-order valence-electron chi connectivity index (χ0n) is 7.56. The number of fused-ring (bicyclic) bond motifs is 1. The van der Waals surface area contributed by atoms with E-state index in [1.54, 1.807) is 11.8 Å². The first-order chi connectivity index (χ1) is 6.20. The minimum Gasteiger partial charge on any atom is -0.373 e. The van der Waals surface area contributed by atoms with Gasteiger partial charge in [-0.2, -0.15) is 0 Å². The minimum absolute atomic E-state index is 0.475. The molecule has 2 heterocycles. The van der Waals surface area contributed by atoms with Gasteiger partial charge in [-0.05, 0) is 6.08 Å². The molecule has 70 valence electrons. The van der Waals surface area contributed by atoms with Gasteiger partial charge in [-0.1, -0.05) is 17.8 Å². The molecule has 2 rings (SSSR count). The van der Waals surface area contributed by atoms with Gasteiger partial charge in [0.15, 0.2) is 6.29 Å². The van der Waals surface area contributed by atoms with Crippen LogP contribution in [-0.2, 0) is 4.79 Å². The molecule has 0 radical (unpaired) electrons. The molecular formula is C9H11NOS2. The Morgan fingerprint density at radius 3 is 2.54 bits per heavy atom. The third kappa shape index (κ3) is 1.65. The summed E-state index contributed by atoms with van der Waals surface area (Å²) in [5.41, 5.74) is 0. The molecule has 0 aromatic heterocycles. The molecule has 2 atom stereocenters. The lowest BCUT2D eigenvalue weighted by Crippen LogP contribution is -2.07. The van der Waals surface area contributed by atoms with E-state index >= 15 is 0 Å². The summed E-state index contributed by atoms with van der Waals surface area (Å²) in [6.07, 6.45) is 5.26. The monoisotopic (exact) mass is 213 g/mol. The Hall–Kier alpha value is -0.350. The van der Waals surface area contributed by atoms with Gasteiger partial charge in [0.2, 0.25) is 0 Å². The molecule has 0 fully saturated rings. The van der Waals surface area contributed by atoms with Crippen LogP contribution in [0.2, 0.25) is 0 Å². The summed E-state index contributed by atoms with van der Waals surface area (Å²) < 4.78 is 0. The van der Waals surface area contributed by atoms with E-state index in [1.165, 1.54) is 5.03 Å². The molecule has 2 aliphatic rings. The third-order valence-electron chi connectivity index (χ3n) is 2.05. The predicted octanol–water partition coefficient (Wildman–Crippen LogP) is 1.70. The van der Waals surface area contributed by atoms with Crippen molar-refractivity contribution in [3.05, 3.63) is 22.1 Å². The highest BCUT2D eigenvalue weighted by molar-refractivity contribution is 8.09. The minimum atomic E-state index is 0.475. The average Bonchev–Trinajstić information content (AvgIpc) is 2.58. The van der Waals surface area contributed by atoms with Crippen molar-refractivity contribution in [3.8, 4) is 0 Å². The summed E-state index contributed by atoms with van der Waals surface area (Å²) in [6, 6.07) is 0. The van der Waals surface area contributed by atoms with Crippen LogP contribution in [0.15, 0.2) is 22.1 Å². The van der Waals surface area contributed by atoms with Gasteiger partial charge >= 0.3 is 0 Å². The molecule has 2 unspecified atom stereocenters. The zero-order chi connectivity index (χ0) is 9.42. The van der Waals surface area contributed by atoms with Crippen LogP contribution in [-0.4, -0.2) is 35.8 Å². The Kier molecular flexibility index (Phi) is 2.43. The lowest BCUT2D eigenvalue weighted by atomic mass is 10.3. The number of carbonyl (C=O) groups excluding carboxylic acids is 1. The number of aldehydes is 1.